The zero-order valence-corrected chi connectivity index (χ0v) is 14.8. The molecule has 25 heavy (non-hydrogen) atoms. The molecule has 0 spiro atoms. The molecular weight excluding hydrogens is 323 g/mol. The van der Waals surface area contributed by atoms with Gasteiger partial charge in [-0.3, -0.25) is 14.4 Å². The topological polar surface area (TPSA) is 75.3 Å². The molecule has 0 heterocycles. The summed E-state index contributed by atoms with van der Waals surface area (Å²) in [7, 11) is 0. The number of rotatable bonds is 12. The summed E-state index contributed by atoms with van der Waals surface area (Å²) >= 11 is 0. The highest BCUT2D eigenvalue weighted by molar-refractivity contribution is 5.76. The molecule has 0 saturated heterocycles. The Balaban J connectivity index is 2.11. The zero-order chi connectivity index (χ0) is 18.5. The number of nitrogens with one attached hydrogen (secondary N) is 2. The van der Waals surface area contributed by atoms with Crippen LogP contribution in [0.3, 0.4) is 0 Å². The summed E-state index contributed by atoms with van der Waals surface area (Å²) in [6.45, 7) is 2.79. The average molecular weight is 350 g/mol. The number of hydrogen-bond donors (Lipinski definition) is 2. The number of amides is 2. The predicted octanol–water partition coefficient (Wildman–Crippen LogP) is 3.12. The Morgan fingerprint density at radius 1 is 1.04 bits per heavy atom. The molecule has 0 unspecified atom stereocenters. The van der Waals surface area contributed by atoms with Gasteiger partial charge >= 0.3 is 0 Å². The number of unbranched alkanes of at least 4 members (excludes halogenated alkanes) is 3. The summed E-state index contributed by atoms with van der Waals surface area (Å²) in [4.78, 5) is 33.7. The highest BCUT2D eigenvalue weighted by Gasteiger charge is 2.06. The standard InChI is InChI=1S/C19H27FN2O3/c1-2-3-7-18(24)21-11-6-4-5-8-19(25)22-13-16-10-9-15(14-23)12-17(16)20/h9-10,12,14H,2-8,11,13H2,1H3,(H,21,24)(H,22,25). The first-order chi connectivity index (χ1) is 12.1. The summed E-state index contributed by atoms with van der Waals surface area (Å²) in [5.74, 6) is -0.545. The van der Waals surface area contributed by atoms with Crippen LogP contribution in [0.2, 0.25) is 0 Å². The first kappa shape index (κ1) is 20.8. The Bertz CT molecular complexity index is 576. The molecule has 0 saturated carbocycles. The van der Waals surface area contributed by atoms with Gasteiger partial charge in [-0.05, 0) is 25.3 Å². The molecule has 6 heteroatoms. The van der Waals surface area contributed by atoms with Gasteiger partial charge in [0.2, 0.25) is 11.8 Å². The smallest absolute Gasteiger partial charge is 0.220 e. The molecular formula is C19H27FN2O3. The summed E-state index contributed by atoms with van der Waals surface area (Å²) in [5.41, 5.74) is 0.628. The summed E-state index contributed by atoms with van der Waals surface area (Å²) in [6.07, 6.45) is 5.86. The third kappa shape index (κ3) is 8.98. The van der Waals surface area contributed by atoms with Gasteiger partial charge in [-0.1, -0.05) is 31.9 Å². The van der Waals surface area contributed by atoms with E-state index in [-0.39, 0.29) is 23.9 Å². The second-order valence-corrected chi connectivity index (χ2v) is 6.01. The molecule has 0 aliphatic carbocycles. The lowest BCUT2D eigenvalue weighted by Crippen LogP contribution is -2.24. The van der Waals surface area contributed by atoms with E-state index in [4.69, 9.17) is 0 Å². The Morgan fingerprint density at radius 2 is 1.76 bits per heavy atom. The van der Waals surface area contributed by atoms with Gasteiger partial charge in [-0.15, -0.1) is 0 Å². The number of hydrogen-bond acceptors (Lipinski definition) is 3. The van der Waals surface area contributed by atoms with E-state index < -0.39 is 5.82 Å². The highest BCUT2D eigenvalue weighted by Crippen LogP contribution is 2.09. The van der Waals surface area contributed by atoms with Crippen molar-refractivity contribution < 1.29 is 18.8 Å². The normalized spacial score (nSPS) is 10.3. The number of halogens is 1. The summed E-state index contributed by atoms with van der Waals surface area (Å²) in [5, 5.41) is 5.53. The summed E-state index contributed by atoms with van der Waals surface area (Å²) in [6, 6.07) is 4.18. The molecule has 138 valence electrons. The van der Waals surface area contributed by atoms with E-state index in [9.17, 15) is 18.8 Å². The summed E-state index contributed by atoms with van der Waals surface area (Å²) < 4.78 is 13.7. The Hall–Kier alpha value is -2.24. The monoisotopic (exact) mass is 350 g/mol. The van der Waals surface area contributed by atoms with Gasteiger partial charge in [0.15, 0.2) is 0 Å². The fourth-order valence-electron chi connectivity index (χ4n) is 2.30. The molecule has 0 atom stereocenters. The van der Waals surface area contributed by atoms with Crippen LogP contribution in [0.1, 0.15) is 67.8 Å². The largest absolute Gasteiger partial charge is 0.356 e. The average Bonchev–Trinajstić information content (AvgIpc) is 2.61. The fourth-order valence-corrected chi connectivity index (χ4v) is 2.30. The van der Waals surface area contributed by atoms with E-state index in [0.717, 1.165) is 38.2 Å². The maximum Gasteiger partial charge on any atom is 0.220 e. The van der Waals surface area contributed by atoms with Gasteiger partial charge in [0, 0.05) is 37.1 Å². The van der Waals surface area contributed by atoms with Crippen LogP contribution in [-0.2, 0) is 16.1 Å². The first-order valence-corrected chi connectivity index (χ1v) is 8.83. The van der Waals surface area contributed by atoms with Crippen molar-refractivity contribution in [1.82, 2.24) is 10.6 Å². The van der Waals surface area contributed by atoms with Crippen molar-refractivity contribution in [2.45, 2.75) is 58.4 Å². The fraction of sp³-hybridized carbons (Fsp3) is 0.526. The number of carbonyl (C=O) groups excluding carboxylic acids is 3. The van der Waals surface area contributed by atoms with Crippen LogP contribution in [0.25, 0.3) is 0 Å². The minimum Gasteiger partial charge on any atom is -0.356 e. The van der Waals surface area contributed by atoms with Gasteiger partial charge < -0.3 is 10.6 Å². The van der Waals surface area contributed by atoms with E-state index >= 15 is 0 Å². The SMILES string of the molecule is CCCCC(=O)NCCCCCC(=O)NCc1ccc(C=O)cc1F. The molecule has 1 aromatic rings. The molecule has 0 radical (unpaired) electrons. The lowest BCUT2D eigenvalue weighted by molar-refractivity contribution is -0.122. The minimum atomic E-state index is -0.497. The molecule has 2 N–H and O–H groups in total. The van der Waals surface area contributed by atoms with E-state index in [1.165, 1.54) is 12.1 Å². The molecule has 0 aromatic heterocycles. The maximum atomic E-state index is 13.7. The quantitative estimate of drug-likeness (QED) is 0.449. The minimum absolute atomic E-state index is 0.0854. The molecule has 1 aromatic carbocycles. The van der Waals surface area contributed by atoms with Crippen molar-refractivity contribution in [3.05, 3.63) is 35.1 Å². The number of benzene rings is 1. The van der Waals surface area contributed by atoms with Crippen LogP contribution in [-0.4, -0.2) is 24.6 Å². The van der Waals surface area contributed by atoms with Gasteiger partial charge in [-0.2, -0.15) is 0 Å². The second-order valence-electron chi connectivity index (χ2n) is 6.01. The van der Waals surface area contributed by atoms with Gasteiger partial charge in [0.1, 0.15) is 12.1 Å². The Labute approximate surface area is 148 Å². The number of carbonyl (C=O) groups is 3. The van der Waals surface area contributed by atoms with Crippen LogP contribution in [0.15, 0.2) is 18.2 Å². The van der Waals surface area contributed by atoms with Crippen LogP contribution in [0.5, 0.6) is 0 Å². The van der Waals surface area contributed by atoms with E-state index in [1.807, 2.05) is 6.92 Å². The predicted molar refractivity (Wildman–Crippen MR) is 94.6 cm³/mol. The lowest BCUT2D eigenvalue weighted by Gasteiger charge is -2.07. The van der Waals surface area contributed by atoms with E-state index in [0.29, 0.717) is 31.2 Å². The molecule has 0 aliphatic heterocycles. The third-order valence-corrected chi connectivity index (χ3v) is 3.85. The molecule has 5 nitrogen and oxygen atoms in total. The van der Waals surface area contributed by atoms with Crippen molar-refractivity contribution >= 4 is 18.1 Å². The molecule has 0 aliphatic rings. The van der Waals surface area contributed by atoms with Crippen molar-refractivity contribution in [3.63, 3.8) is 0 Å². The zero-order valence-electron chi connectivity index (χ0n) is 14.8. The molecule has 1 rings (SSSR count). The van der Waals surface area contributed by atoms with Crippen molar-refractivity contribution in [2.24, 2.45) is 0 Å². The van der Waals surface area contributed by atoms with Crippen molar-refractivity contribution in [2.75, 3.05) is 6.54 Å². The Morgan fingerprint density at radius 3 is 2.44 bits per heavy atom. The van der Waals surface area contributed by atoms with Crippen molar-refractivity contribution in [1.29, 1.82) is 0 Å². The maximum absolute atomic E-state index is 13.7. The first-order valence-electron chi connectivity index (χ1n) is 8.83. The van der Waals surface area contributed by atoms with Crippen molar-refractivity contribution in [3.8, 4) is 0 Å². The number of aldehydes is 1. The Kier molecular flexibility index (Phi) is 10.1. The van der Waals surface area contributed by atoms with E-state index in [1.54, 1.807) is 0 Å². The molecule has 0 fully saturated rings. The third-order valence-electron chi connectivity index (χ3n) is 3.85. The second kappa shape index (κ2) is 12.2. The van der Waals surface area contributed by atoms with Gasteiger partial charge in [-0.25, -0.2) is 4.39 Å². The van der Waals surface area contributed by atoms with Crippen LogP contribution < -0.4 is 10.6 Å². The van der Waals surface area contributed by atoms with Crippen LogP contribution in [0.4, 0.5) is 4.39 Å². The molecule has 0 bridgehead atoms. The highest BCUT2D eigenvalue weighted by atomic mass is 19.1. The van der Waals surface area contributed by atoms with E-state index in [2.05, 4.69) is 10.6 Å². The molecule has 2 amide bonds. The van der Waals surface area contributed by atoms with Crippen LogP contribution >= 0.6 is 0 Å². The van der Waals surface area contributed by atoms with Gasteiger partial charge in [0.25, 0.3) is 0 Å². The lowest BCUT2D eigenvalue weighted by atomic mass is 10.1. The van der Waals surface area contributed by atoms with Gasteiger partial charge in [0.05, 0.1) is 0 Å². The van der Waals surface area contributed by atoms with Crippen LogP contribution in [0, 0.1) is 5.82 Å².